The lowest BCUT2D eigenvalue weighted by Crippen LogP contribution is -2.45. The Balaban J connectivity index is 3.17. The molecule has 9 heteroatoms. The van der Waals surface area contributed by atoms with Crippen molar-refractivity contribution in [1.82, 2.24) is 4.72 Å². The van der Waals surface area contributed by atoms with Gasteiger partial charge in [0, 0.05) is 12.0 Å². The second-order valence-corrected chi connectivity index (χ2v) is 6.84. The molecular weight excluding hydrogens is 301 g/mol. The normalized spacial score (nSPS) is 12.2. The van der Waals surface area contributed by atoms with Gasteiger partial charge in [0.05, 0.1) is 17.7 Å². The maximum atomic E-state index is 13.7. The Bertz CT molecular complexity index is 635. The molecule has 0 aliphatic carbocycles. The number of nitrogen functional groups attached to an aromatic ring is 1. The Hall–Kier alpha value is -1.87. The third-order valence-electron chi connectivity index (χ3n) is 2.59. The maximum absolute atomic E-state index is 13.7. The van der Waals surface area contributed by atoms with Gasteiger partial charge in [-0.05, 0) is 26.0 Å². The van der Waals surface area contributed by atoms with Gasteiger partial charge in [-0.15, -0.1) is 0 Å². The number of sulfonamides is 1. The highest BCUT2D eigenvalue weighted by Gasteiger charge is 2.29. The third kappa shape index (κ3) is 4.30. The minimum Gasteiger partial charge on any atom is -0.492 e. The number of anilines is 1. The van der Waals surface area contributed by atoms with E-state index in [1.165, 1.54) is 21.0 Å². The van der Waals surface area contributed by atoms with E-state index in [0.717, 1.165) is 12.1 Å². The Kier molecular flexibility index (Phi) is 4.79. The summed E-state index contributed by atoms with van der Waals surface area (Å²) < 4.78 is 45.1. The first kappa shape index (κ1) is 17.2. The summed E-state index contributed by atoms with van der Waals surface area (Å²) in [6.45, 7) is 2.97. The van der Waals surface area contributed by atoms with Crippen LogP contribution in [-0.2, 0) is 14.8 Å². The minimum atomic E-state index is -4.07. The van der Waals surface area contributed by atoms with Crippen molar-refractivity contribution in [3.05, 3.63) is 17.9 Å². The molecule has 0 radical (unpaired) electrons. The predicted octanol–water partition coefficient (Wildman–Crippen LogP) is 0.349. The lowest BCUT2D eigenvalue weighted by molar-refractivity contribution is -0.119. The summed E-state index contributed by atoms with van der Waals surface area (Å²) in [6.07, 6.45) is -0.208. The molecule has 0 fully saturated rings. The van der Waals surface area contributed by atoms with Crippen LogP contribution >= 0.6 is 0 Å². The summed E-state index contributed by atoms with van der Waals surface area (Å²) in [5, 5.41) is 0. The highest BCUT2D eigenvalue weighted by atomic mass is 32.2. The van der Waals surface area contributed by atoms with E-state index in [0.29, 0.717) is 0 Å². The maximum Gasteiger partial charge on any atom is 0.241 e. The SMILES string of the molecule is COc1c(N)cc(S(=O)(=O)NC(C)(C)CC(N)=O)cc1F. The van der Waals surface area contributed by atoms with Gasteiger partial charge in [0.2, 0.25) is 15.9 Å². The highest BCUT2D eigenvalue weighted by Crippen LogP contribution is 2.29. The number of methoxy groups -OCH3 is 1. The fraction of sp³-hybridized carbons (Fsp3) is 0.417. The summed E-state index contributed by atoms with van der Waals surface area (Å²) >= 11 is 0. The number of ether oxygens (including phenoxy) is 1. The molecule has 0 aliphatic heterocycles. The summed E-state index contributed by atoms with van der Waals surface area (Å²) in [6, 6.07) is 1.86. The van der Waals surface area contributed by atoms with Crippen LogP contribution in [0.25, 0.3) is 0 Å². The number of nitrogens with one attached hydrogen (secondary N) is 1. The number of hydrogen-bond donors (Lipinski definition) is 3. The van der Waals surface area contributed by atoms with Gasteiger partial charge in [0.1, 0.15) is 0 Å². The topological polar surface area (TPSA) is 125 Å². The summed E-state index contributed by atoms with van der Waals surface area (Å²) in [7, 11) is -2.85. The molecule has 1 aromatic carbocycles. The average Bonchev–Trinajstić information content (AvgIpc) is 2.24. The molecule has 1 rings (SSSR count). The lowest BCUT2D eigenvalue weighted by atomic mass is 10.0. The monoisotopic (exact) mass is 319 g/mol. The van der Waals surface area contributed by atoms with Crippen molar-refractivity contribution in [2.75, 3.05) is 12.8 Å². The number of hydrogen-bond acceptors (Lipinski definition) is 5. The van der Waals surface area contributed by atoms with Crippen molar-refractivity contribution < 1.29 is 22.3 Å². The van der Waals surface area contributed by atoms with Crippen LogP contribution in [0.3, 0.4) is 0 Å². The van der Waals surface area contributed by atoms with Crippen LogP contribution in [-0.4, -0.2) is 27.0 Å². The van der Waals surface area contributed by atoms with Crippen LogP contribution < -0.4 is 20.9 Å². The molecule has 118 valence electrons. The largest absolute Gasteiger partial charge is 0.492 e. The van der Waals surface area contributed by atoms with E-state index in [4.69, 9.17) is 16.2 Å². The summed E-state index contributed by atoms with van der Waals surface area (Å²) in [4.78, 5) is 10.6. The smallest absolute Gasteiger partial charge is 0.241 e. The zero-order valence-corrected chi connectivity index (χ0v) is 12.8. The van der Waals surface area contributed by atoms with E-state index in [1.54, 1.807) is 0 Å². The van der Waals surface area contributed by atoms with Gasteiger partial charge in [0.15, 0.2) is 11.6 Å². The number of halogens is 1. The van der Waals surface area contributed by atoms with Crippen molar-refractivity contribution in [3.8, 4) is 5.75 Å². The second kappa shape index (κ2) is 5.86. The molecular formula is C12H18FN3O4S. The van der Waals surface area contributed by atoms with Gasteiger partial charge in [-0.2, -0.15) is 0 Å². The highest BCUT2D eigenvalue weighted by molar-refractivity contribution is 7.89. The van der Waals surface area contributed by atoms with Crippen LogP contribution in [0.2, 0.25) is 0 Å². The van der Waals surface area contributed by atoms with Crippen molar-refractivity contribution in [2.45, 2.75) is 30.7 Å². The van der Waals surface area contributed by atoms with Gasteiger partial charge in [-0.3, -0.25) is 4.79 Å². The molecule has 0 aromatic heterocycles. The zero-order valence-electron chi connectivity index (χ0n) is 11.9. The van der Waals surface area contributed by atoms with Crippen molar-refractivity contribution in [3.63, 3.8) is 0 Å². The first-order chi connectivity index (χ1) is 9.48. The van der Waals surface area contributed by atoms with Crippen molar-refractivity contribution in [2.24, 2.45) is 5.73 Å². The molecule has 5 N–H and O–H groups in total. The predicted molar refractivity (Wildman–Crippen MR) is 75.6 cm³/mol. The van der Waals surface area contributed by atoms with Gasteiger partial charge in [-0.25, -0.2) is 17.5 Å². The number of benzene rings is 1. The zero-order chi connectivity index (χ0) is 16.4. The molecule has 0 aliphatic rings. The molecule has 0 saturated carbocycles. The molecule has 1 amide bonds. The molecule has 0 saturated heterocycles. The molecule has 0 bridgehead atoms. The lowest BCUT2D eigenvalue weighted by Gasteiger charge is -2.24. The number of carbonyl (C=O) groups is 1. The van der Waals surface area contributed by atoms with E-state index < -0.39 is 27.3 Å². The summed E-state index contributed by atoms with van der Waals surface area (Å²) in [5.41, 5.74) is 9.33. The van der Waals surface area contributed by atoms with Gasteiger partial charge in [0.25, 0.3) is 0 Å². The Morgan fingerprint density at radius 2 is 2.00 bits per heavy atom. The number of carbonyl (C=O) groups excluding carboxylic acids is 1. The van der Waals surface area contributed by atoms with Crippen molar-refractivity contribution >= 4 is 21.6 Å². The number of amides is 1. The van der Waals surface area contributed by atoms with Gasteiger partial charge < -0.3 is 16.2 Å². The second-order valence-electron chi connectivity index (χ2n) is 5.16. The third-order valence-corrected chi connectivity index (χ3v) is 4.26. The van der Waals surface area contributed by atoms with Crippen LogP contribution in [0.5, 0.6) is 5.75 Å². The fourth-order valence-electron chi connectivity index (χ4n) is 1.85. The fourth-order valence-corrected chi connectivity index (χ4v) is 3.31. The van der Waals surface area contributed by atoms with Crippen molar-refractivity contribution in [1.29, 1.82) is 0 Å². The van der Waals surface area contributed by atoms with Crippen LogP contribution in [0.4, 0.5) is 10.1 Å². The average molecular weight is 319 g/mol. The molecule has 21 heavy (non-hydrogen) atoms. The van der Waals surface area contributed by atoms with Crippen LogP contribution in [0, 0.1) is 5.82 Å². The van der Waals surface area contributed by atoms with Gasteiger partial charge in [-0.1, -0.05) is 0 Å². The molecule has 0 unspecified atom stereocenters. The standard InChI is InChI=1S/C12H18FN3O4S/c1-12(2,6-10(15)17)16-21(18,19)7-4-8(13)11(20-3)9(14)5-7/h4-5,16H,6,14H2,1-3H3,(H2,15,17). The van der Waals surface area contributed by atoms with E-state index in [9.17, 15) is 17.6 Å². The van der Waals surface area contributed by atoms with E-state index in [-0.39, 0.29) is 22.8 Å². The van der Waals surface area contributed by atoms with Crippen LogP contribution in [0.1, 0.15) is 20.3 Å². The van der Waals surface area contributed by atoms with E-state index in [2.05, 4.69) is 4.72 Å². The number of primary amides is 1. The molecule has 1 aromatic rings. The Morgan fingerprint density at radius 1 is 1.43 bits per heavy atom. The number of rotatable bonds is 6. The quantitative estimate of drug-likeness (QED) is 0.652. The number of nitrogens with two attached hydrogens (primary N) is 2. The molecule has 0 atom stereocenters. The van der Waals surface area contributed by atoms with E-state index in [1.807, 2.05) is 0 Å². The molecule has 7 nitrogen and oxygen atoms in total. The molecule has 0 heterocycles. The van der Waals surface area contributed by atoms with E-state index >= 15 is 0 Å². The molecule has 0 spiro atoms. The Morgan fingerprint density at radius 3 is 2.43 bits per heavy atom. The van der Waals surface area contributed by atoms with Gasteiger partial charge >= 0.3 is 0 Å². The first-order valence-electron chi connectivity index (χ1n) is 5.94. The first-order valence-corrected chi connectivity index (χ1v) is 7.42. The Labute approximate surface area is 122 Å². The van der Waals surface area contributed by atoms with Crippen LogP contribution in [0.15, 0.2) is 17.0 Å². The summed E-state index contributed by atoms with van der Waals surface area (Å²) in [5.74, 6) is -1.79. The minimum absolute atomic E-state index is 0.148.